The van der Waals surface area contributed by atoms with E-state index in [2.05, 4.69) is 62.5 Å². The van der Waals surface area contributed by atoms with Gasteiger partial charge in [0.1, 0.15) is 0 Å². The van der Waals surface area contributed by atoms with Crippen LogP contribution in [0.3, 0.4) is 0 Å². The average molecular weight is 222 g/mol. The Morgan fingerprint density at radius 2 is 1.53 bits per heavy atom. The van der Waals surface area contributed by atoms with Crippen molar-refractivity contribution in [1.29, 1.82) is 0 Å². The molecule has 3 rings (SSSR count). The maximum atomic E-state index is 4.64. The monoisotopic (exact) mass is 222 g/mol. The van der Waals surface area contributed by atoms with Gasteiger partial charge in [-0.15, -0.1) is 0 Å². The van der Waals surface area contributed by atoms with Gasteiger partial charge < -0.3 is 0 Å². The number of rotatable bonds is 0. The number of hydrogen-bond donors (Lipinski definition) is 0. The Morgan fingerprint density at radius 3 is 2.29 bits per heavy atom. The molecule has 0 unspecified atom stereocenters. The molecular weight excluding hydrogens is 206 g/mol. The van der Waals surface area contributed by atoms with Crippen LogP contribution in [0.4, 0.5) is 11.4 Å². The van der Waals surface area contributed by atoms with E-state index >= 15 is 0 Å². The third kappa shape index (κ3) is 1.62. The van der Waals surface area contributed by atoms with Crippen LogP contribution in [0.15, 0.2) is 42.5 Å². The molecule has 85 valence electrons. The quantitative estimate of drug-likeness (QED) is 0.530. The summed E-state index contributed by atoms with van der Waals surface area (Å²) >= 11 is 0. The van der Waals surface area contributed by atoms with Crippen LogP contribution < -0.4 is 5.32 Å². The van der Waals surface area contributed by atoms with Gasteiger partial charge in [-0.1, -0.05) is 45.0 Å². The number of hydrogen-bond acceptors (Lipinski definition) is 0. The molecule has 0 saturated heterocycles. The van der Waals surface area contributed by atoms with Crippen LogP contribution in [0.2, 0.25) is 0 Å². The molecule has 1 heterocycles. The zero-order valence-corrected chi connectivity index (χ0v) is 10.5. The predicted octanol–water partition coefficient (Wildman–Crippen LogP) is 4.53. The van der Waals surface area contributed by atoms with Gasteiger partial charge in [0.2, 0.25) is 0 Å². The Bertz CT molecular complexity index is 576. The van der Waals surface area contributed by atoms with Crippen molar-refractivity contribution >= 4 is 11.4 Å². The molecule has 17 heavy (non-hydrogen) atoms. The van der Waals surface area contributed by atoms with Crippen molar-refractivity contribution in [2.75, 3.05) is 0 Å². The highest BCUT2D eigenvalue weighted by Gasteiger charge is 2.22. The van der Waals surface area contributed by atoms with E-state index in [0.717, 1.165) is 11.4 Å². The fourth-order valence-electron chi connectivity index (χ4n) is 2.24. The molecule has 0 saturated carbocycles. The minimum atomic E-state index is 0.187. The van der Waals surface area contributed by atoms with Crippen LogP contribution in [0.25, 0.3) is 11.1 Å². The highest BCUT2D eigenvalue weighted by atomic mass is 14.9. The van der Waals surface area contributed by atoms with Crippen LogP contribution in [-0.4, -0.2) is 0 Å². The second-order valence-electron chi connectivity index (χ2n) is 5.61. The standard InChI is InChI=1S/C16H16N/c1-16(2,3)11-8-9-15-13(10-11)12-6-4-5-7-14(12)17-15/h4-10H,1-3H3. The van der Waals surface area contributed by atoms with Gasteiger partial charge in [-0.2, -0.15) is 0 Å². The molecule has 1 heteroatoms. The first kappa shape index (κ1) is 10.4. The maximum absolute atomic E-state index is 4.64. The highest BCUT2D eigenvalue weighted by molar-refractivity contribution is 5.90. The van der Waals surface area contributed by atoms with Crippen LogP contribution in [0, 0.1) is 0 Å². The topological polar surface area (TPSA) is 14.1 Å². The van der Waals surface area contributed by atoms with Gasteiger partial charge in [0.05, 0.1) is 11.4 Å². The Hall–Kier alpha value is -1.76. The van der Waals surface area contributed by atoms with Gasteiger partial charge >= 0.3 is 0 Å². The van der Waals surface area contributed by atoms with E-state index in [1.54, 1.807) is 0 Å². The molecular formula is C16H16N. The smallest absolute Gasteiger partial charge is 0.0716 e. The molecule has 1 nitrogen and oxygen atoms in total. The van der Waals surface area contributed by atoms with Gasteiger partial charge in [0, 0.05) is 11.1 Å². The molecule has 0 atom stereocenters. The van der Waals surface area contributed by atoms with E-state index < -0.39 is 0 Å². The summed E-state index contributed by atoms with van der Waals surface area (Å²) in [5, 5.41) is 4.64. The van der Waals surface area contributed by atoms with Crippen LogP contribution >= 0.6 is 0 Å². The van der Waals surface area contributed by atoms with Gasteiger partial charge in [-0.05, 0) is 29.2 Å². The summed E-state index contributed by atoms with van der Waals surface area (Å²) in [4.78, 5) is 0. The zero-order valence-electron chi connectivity index (χ0n) is 10.5. The number of fused-ring (bicyclic) bond motifs is 3. The van der Waals surface area contributed by atoms with Crippen molar-refractivity contribution < 1.29 is 0 Å². The first-order chi connectivity index (χ1) is 8.05. The number of nitrogens with zero attached hydrogens (tertiary/aromatic N) is 1. The van der Waals surface area contributed by atoms with Gasteiger partial charge in [-0.25, -0.2) is 5.32 Å². The van der Waals surface area contributed by atoms with Crippen LogP contribution in [-0.2, 0) is 5.41 Å². The lowest BCUT2D eigenvalue weighted by Crippen LogP contribution is -2.10. The zero-order chi connectivity index (χ0) is 12.0. The summed E-state index contributed by atoms with van der Waals surface area (Å²) in [6, 6.07) is 14.9. The molecule has 0 bridgehead atoms. The van der Waals surface area contributed by atoms with Crippen molar-refractivity contribution in [2.24, 2.45) is 0 Å². The summed E-state index contributed by atoms with van der Waals surface area (Å²) < 4.78 is 0. The first-order valence-corrected chi connectivity index (χ1v) is 6.01. The molecule has 0 aliphatic carbocycles. The molecule has 2 aromatic rings. The second kappa shape index (κ2) is 3.36. The van der Waals surface area contributed by atoms with Crippen molar-refractivity contribution in [2.45, 2.75) is 26.2 Å². The number of para-hydroxylation sites is 1. The van der Waals surface area contributed by atoms with E-state index in [9.17, 15) is 0 Å². The predicted molar refractivity (Wildman–Crippen MR) is 72.0 cm³/mol. The lowest BCUT2D eigenvalue weighted by atomic mass is 9.85. The summed E-state index contributed by atoms with van der Waals surface area (Å²) in [6.07, 6.45) is 0. The van der Waals surface area contributed by atoms with Crippen molar-refractivity contribution in [3.63, 3.8) is 0 Å². The molecule has 0 aromatic heterocycles. The normalized spacial score (nSPS) is 12.9. The highest BCUT2D eigenvalue weighted by Crippen LogP contribution is 2.43. The Balaban J connectivity index is 2.18. The fraction of sp³-hybridized carbons (Fsp3) is 0.250. The summed E-state index contributed by atoms with van der Waals surface area (Å²) in [5.74, 6) is 0. The van der Waals surface area contributed by atoms with Crippen molar-refractivity contribution in [3.8, 4) is 11.1 Å². The van der Waals surface area contributed by atoms with E-state index in [4.69, 9.17) is 0 Å². The Kier molecular flexibility index (Phi) is 2.06. The van der Waals surface area contributed by atoms with Crippen LogP contribution in [0.1, 0.15) is 26.3 Å². The van der Waals surface area contributed by atoms with Crippen molar-refractivity contribution in [3.05, 3.63) is 48.0 Å². The third-order valence-electron chi connectivity index (χ3n) is 3.30. The summed E-state index contributed by atoms with van der Waals surface area (Å²) in [6.45, 7) is 6.73. The molecule has 1 radical (unpaired) electrons. The van der Waals surface area contributed by atoms with Crippen molar-refractivity contribution in [1.82, 2.24) is 5.32 Å². The first-order valence-electron chi connectivity index (χ1n) is 6.01. The molecule has 0 spiro atoms. The minimum Gasteiger partial charge on any atom is -0.248 e. The fourth-order valence-corrected chi connectivity index (χ4v) is 2.24. The molecule has 0 fully saturated rings. The van der Waals surface area contributed by atoms with Gasteiger partial charge in [0.25, 0.3) is 0 Å². The lowest BCUT2D eigenvalue weighted by molar-refractivity contribution is 0.590. The van der Waals surface area contributed by atoms with E-state index in [0.29, 0.717) is 0 Å². The number of benzene rings is 2. The SMILES string of the molecule is CC(C)(C)c1ccc2c(c1)-c1ccccc1[N]2. The van der Waals surface area contributed by atoms with E-state index in [1.165, 1.54) is 16.7 Å². The summed E-state index contributed by atoms with van der Waals surface area (Å²) in [7, 11) is 0. The second-order valence-corrected chi connectivity index (χ2v) is 5.61. The Labute approximate surface area is 102 Å². The third-order valence-corrected chi connectivity index (χ3v) is 3.30. The maximum Gasteiger partial charge on any atom is 0.0716 e. The molecule has 0 amide bonds. The van der Waals surface area contributed by atoms with Gasteiger partial charge in [-0.3, -0.25) is 0 Å². The molecule has 0 N–H and O–H groups in total. The molecule has 1 aliphatic rings. The summed E-state index contributed by atoms with van der Waals surface area (Å²) in [5.41, 5.74) is 6.27. The van der Waals surface area contributed by atoms with Crippen LogP contribution in [0.5, 0.6) is 0 Å². The molecule has 1 aliphatic heterocycles. The van der Waals surface area contributed by atoms with Gasteiger partial charge in [0.15, 0.2) is 0 Å². The lowest BCUT2D eigenvalue weighted by Gasteiger charge is -2.19. The molecule has 2 aromatic carbocycles. The van der Waals surface area contributed by atoms with E-state index in [1.807, 2.05) is 6.07 Å². The minimum absolute atomic E-state index is 0.187. The van der Waals surface area contributed by atoms with E-state index in [-0.39, 0.29) is 5.41 Å². The largest absolute Gasteiger partial charge is 0.248 e. The average Bonchev–Trinajstić information content (AvgIpc) is 2.65. The Morgan fingerprint density at radius 1 is 0.824 bits per heavy atom.